The van der Waals surface area contributed by atoms with Gasteiger partial charge >= 0.3 is 0 Å². The number of nitrogen functional groups attached to an aromatic ring is 1. The standard InChI is InChI=1S/C14H16N2O3S/c1-18-10-4-5-13(12(15)7-10)16-14(17)9-19-8-11-3-2-6-20-11/h2-7H,8-9,15H2,1H3,(H,16,17). The number of benzene rings is 1. The van der Waals surface area contributed by atoms with Crippen LogP contribution in [0.1, 0.15) is 4.88 Å². The Labute approximate surface area is 121 Å². The minimum Gasteiger partial charge on any atom is -0.497 e. The second-order valence-corrected chi connectivity index (χ2v) is 5.11. The molecule has 3 N–H and O–H groups in total. The summed E-state index contributed by atoms with van der Waals surface area (Å²) in [6, 6.07) is 9.00. The van der Waals surface area contributed by atoms with Gasteiger partial charge in [-0.3, -0.25) is 4.79 Å². The third-order valence-electron chi connectivity index (χ3n) is 2.59. The van der Waals surface area contributed by atoms with Crippen molar-refractivity contribution in [1.82, 2.24) is 0 Å². The second-order valence-electron chi connectivity index (χ2n) is 4.07. The Morgan fingerprint density at radius 1 is 1.40 bits per heavy atom. The quantitative estimate of drug-likeness (QED) is 0.802. The van der Waals surface area contributed by atoms with Crippen LogP contribution >= 0.6 is 11.3 Å². The number of methoxy groups -OCH3 is 1. The normalized spacial score (nSPS) is 10.2. The van der Waals surface area contributed by atoms with Crippen LogP contribution < -0.4 is 15.8 Å². The van der Waals surface area contributed by atoms with E-state index in [0.717, 1.165) is 4.88 Å². The molecule has 0 atom stereocenters. The molecule has 0 aliphatic carbocycles. The Morgan fingerprint density at radius 2 is 2.25 bits per heavy atom. The minimum atomic E-state index is -0.238. The molecule has 6 heteroatoms. The number of anilines is 2. The van der Waals surface area contributed by atoms with Gasteiger partial charge < -0.3 is 20.5 Å². The fourth-order valence-electron chi connectivity index (χ4n) is 1.61. The van der Waals surface area contributed by atoms with E-state index in [-0.39, 0.29) is 12.5 Å². The molecule has 106 valence electrons. The molecule has 0 saturated carbocycles. The van der Waals surface area contributed by atoms with Crippen molar-refractivity contribution in [1.29, 1.82) is 0 Å². The first kappa shape index (κ1) is 14.4. The average Bonchev–Trinajstić information content (AvgIpc) is 2.94. The Morgan fingerprint density at radius 3 is 2.90 bits per heavy atom. The summed E-state index contributed by atoms with van der Waals surface area (Å²) < 4.78 is 10.4. The van der Waals surface area contributed by atoms with Crippen molar-refractivity contribution in [3.8, 4) is 5.75 Å². The smallest absolute Gasteiger partial charge is 0.250 e. The van der Waals surface area contributed by atoms with E-state index < -0.39 is 0 Å². The van der Waals surface area contributed by atoms with Crippen molar-refractivity contribution < 1.29 is 14.3 Å². The van der Waals surface area contributed by atoms with Crippen LogP contribution in [0, 0.1) is 0 Å². The lowest BCUT2D eigenvalue weighted by Crippen LogP contribution is -2.18. The third kappa shape index (κ3) is 3.97. The van der Waals surface area contributed by atoms with Crippen molar-refractivity contribution in [2.24, 2.45) is 0 Å². The van der Waals surface area contributed by atoms with Crippen LogP contribution in [0.5, 0.6) is 5.75 Å². The van der Waals surface area contributed by atoms with Crippen molar-refractivity contribution in [3.63, 3.8) is 0 Å². The number of hydrogen-bond donors (Lipinski definition) is 2. The van der Waals surface area contributed by atoms with Crippen molar-refractivity contribution in [2.45, 2.75) is 6.61 Å². The summed E-state index contributed by atoms with van der Waals surface area (Å²) in [6.07, 6.45) is 0. The Bertz CT molecular complexity index is 570. The first-order valence-corrected chi connectivity index (χ1v) is 6.90. The highest BCUT2D eigenvalue weighted by Gasteiger charge is 2.06. The predicted molar refractivity (Wildman–Crippen MR) is 80.0 cm³/mol. The zero-order valence-electron chi connectivity index (χ0n) is 11.1. The van der Waals surface area contributed by atoms with Crippen molar-refractivity contribution >= 4 is 28.6 Å². The lowest BCUT2D eigenvalue weighted by molar-refractivity contribution is -0.120. The van der Waals surface area contributed by atoms with Crippen LogP contribution in [0.2, 0.25) is 0 Å². The lowest BCUT2D eigenvalue weighted by atomic mass is 10.2. The topological polar surface area (TPSA) is 73.6 Å². The first-order valence-electron chi connectivity index (χ1n) is 6.02. The van der Waals surface area contributed by atoms with Gasteiger partial charge in [-0.2, -0.15) is 0 Å². The highest BCUT2D eigenvalue weighted by molar-refractivity contribution is 7.09. The molecule has 2 rings (SSSR count). The van der Waals surface area contributed by atoms with Crippen LogP contribution in [-0.4, -0.2) is 19.6 Å². The zero-order chi connectivity index (χ0) is 14.4. The number of rotatable bonds is 6. The number of hydrogen-bond acceptors (Lipinski definition) is 5. The van der Waals surface area contributed by atoms with E-state index in [1.54, 1.807) is 36.6 Å². The molecule has 1 aromatic heterocycles. The molecule has 0 aliphatic heterocycles. The van der Waals surface area contributed by atoms with Gasteiger partial charge in [0.25, 0.3) is 0 Å². The SMILES string of the molecule is COc1ccc(NC(=O)COCc2cccs2)c(N)c1. The van der Waals surface area contributed by atoms with Crippen molar-refractivity contribution in [2.75, 3.05) is 24.8 Å². The summed E-state index contributed by atoms with van der Waals surface area (Å²) in [6.45, 7) is 0.423. The van der Waals surface area contributed by atoms with Gasteiger partial charge in [-0.25, -0.2) is 0 Å². The van der Waals surface area contributed by atoms with Gasteiger partial charge in [0, 0.05) is 10.9 Å². The van der Waals surface area contributed by atoms with E-state index in [1.807, 2.05) is 17.5 Å². The summed E-state index contributed by atoms with van der Waals surface area (Å²) in [5, 5.41) is 4.67. The van der Waals surface area contributed by atoms with E-state index in [4.69, 9.17) is 15.2 Å². The molecule has 2 aromatic rings. The number of amides is 1. The van der Waals surface area contributed by atoms with Crippen LogP contribution in [0.3, 0.4) is 0 Å². The molecule has 0 aliphatic rings. The maximum Gasteiger partial charge on any atom is 0.250 e. The number of ether oxygens (including phenoxy) is 2. The third-order valence-corrected chi connectivity index (χ3v) is 3.44. The molecule has 1 aromatic carbocycles. The van der Waals surface area contributed by atoms with E-state index in [2.05, 4.69) is 5.32 Å². The van der Waals surface area contributed by atoms with Crippen molar-refractivity contribution in [3.05, 3.63) is 40.6 Å². The van der Waals surface area contributed by atoms with Gasteiger partial charge in [-0.15, -0.1) is 11.3 Å². The molecule has 0 saturated heterocycles. The zero-order valence-corrected chi connectivity index (χ0v) is 11.9. The van der Waals surface area contributed by atoms with Gasteiger partial charge in [0.05, 0.1) is 25.1 Å². The Balaban J connectivity index is 1.82. The highest BCUT2D eigenvalue weighted by Crippen LogP contribution is 2.23. The summed E-state index contributed by atoms with van der Waals surface area (Å²) in [4.78, 5) is 12.8. The van der Waals surface area contributed by atoms with E-state index in [9.17, 15) is 4.79 Å². The number of carbonyl (C=O) groups is 1. The molecule has 0 fully saturated rings. The molecule has 1 heterocycles. The maximum atomic E-state index is 11.7. The summed E-state index contributed by atoms with van der Waals surface area (Å²) in [7, 11) is 1.56. The molecule has 5 nitrogen and oxygen atoms in total. The molecule has 1 amide bonds. The molecule has 0 bridgehead atoms. The lowest BCUT2D eigenvalue weighted by Gasteiger charge is -2.09. The molecule has 0 radical (unpaired) electrons. The number of thiophene rings is 1. The Hall–Kier alpha value is -2.05. The fraction of sp³-hybridized carbons (Fsp3) is 0.214. The molecule has 0 unspecified atom stereocenters. The van der Waals surface area contributed by atoms with Gasteiger partial charge in [-0.1, -0.05) is 6.07 Å². The van der Waals surface area contributed by atoms with Crippen LogP contribution in [0.15, 0.2) is 35.7 Å². The number of nitrogens with one attached hydrogen (secondary N) is 1. The van der Waals surface area contributed by atoms with Gasteiger partial charge in [0.15, 0.2) is 0 Å². The molecule has 20 heavy (non-hydrogen) atoms. The van der Waals surface area contributed by atoms with Crippen LogP contribution in [0.25, 0.3) is 0 Å². The summed E-state index contributed by atoms with van der Waals surface area (Å²) >= 11 is 1.59. The molecule has 0 spiro atoms. The number of nitrogens with two attached hydrogens (primary N) is 1. The van der Waals surface area contributed by atoms with Crippen LogP contribution in [-0.2, 0) is 16.1 Å². The number of carbonyl (C=O) groups excluding carboxylic acids is 1. The fourth-order valence-corrected chi connectivity index (χ4v) is 2.25. The largest absolute Gasteiger partial charge is 0.497 e. The van der Waals surface area contributed by atoms with E-state index in [1.165, 1.54) is 0 Å². The molecular weight excluding hydrogens is 276 g/mol. The van der Waals surface area contributed by atoms with E-state index >= 15 is 0 Å². The second kappa shape index (κ2) is 6.93. The van der Waals surface area contributed by atoms with Gasteiger partial charge in [0.1, 0.15) is 12.4 Å². The van der Waals surface area contributed by atoms with Gasteiger partial charge in [0.2, 0.25) is 5.91 Å². The Kier molecular flexibility index (Phi) is 4.97. The average molecular weight is 292 g/mol. The van der Waals surface area contributed by atoms with E-state index in [0.29, 0.717) is 23.7 Å². The predicted octanol–water partition coefficient (Wildman–Crippen LogP) is 2.49. The highest BCUT2D eigenvalue weighted by atomic mass is 32.1. The monoisotopic (exact) mass is 292 g/mol. The maximum absolute atomic E-state index is 11.7. The van der Waals surface area contributed by atoms with Crippen LogP contribution in [0.4, 0.5) is 11.4 Å². The summed E-state index contributed by atoms with van der Waals surface area (Å²) in [5.41, 5.74) is 6.82. The van der Waals surface area contributed by atoms with Gasteiger partial charge in [-0.05, 0) is 23.6 Å². The molecular formula is C14H16N2O3S. The summed E-state index contributed by atoms with van der Waals surface area (Å²) in [5.74, 6) is 0.410. The first-order chi connectivity index (χ1) is 9.69. The minimum absolute atomic E-state index is 0.0105.